The highest BCUT2D eigenvalue weighted by Gasteiger charge is 2.14. The molecule has 0 saturated carbocycles. The predicted molar refractivity (Wildman–Crippen MR) is 87.1 cm³/mol. The van der Waals surface area contributed by atoms with Crippen LogP contribution in [0.5, 0.6) is 0 Å². The Morgan fingerprint density at radius 1 is 0.900 bits per heavy atom. The summed E-state index contributed by atoms with van der Waals surface area (Å²) in [5, 5.41) is 8.36. The second-order valence-electron chi connectivity index (χ2n) is 5.83. The molecule has 0 N–H and O–H groups in total. The van der Waals surface area contributed by atoms with Crippen LogP contribution in [0.15, 0.2) is 12.3 Å². The molecule has 1 heterocycles. The SMILES string of the molecule is CCCCCCCCC(CCC)c1ccnnc1CC. The molecule has 0 saturated heterocycles. The Bertz CT molecular complexity index is 349. The summed E-state index contributed by atoms with van der Waals surface area (Å²) in [7, 11) is 0. The van der Waals surface area contributed by atoms with Crippen molar-refractivity contribution in [3.63, 3.8) is 0 Å². The van der Waals surface area contributed by atoms with E-state index in [0.717, 1.165) is 6.42 Å². The molecular weight excluding hydrogens is 244 g/mol. The normalized spacial score (nSPS) is 12.6. The Labute approximate surface area is 125 Å². The van der Waals surface area contributed by atoms with E-state index in [1.54, 1.807) is 0 Å². The molecule has 0 radical (unpaired) electrons. The van der Waals surface area contributed by atoms with Crippen molar-refractivity contribution in [1.29, 1.82) is 0 Å². The third-order valence-electron chi connectivity index (χ3n) is 4.15. The summed E-state index contributed by atoms with van der Waals surface area (Å²) in [5.74, 6) is 0.691. The van der Waals surface area contributed by atoms with Gasteiger partial charge in [0.1, 0.15) is 0 Å². The molecule has 0 spiro atoms. The topological polar surface area (TPSA) is 25.8 Å². The molecule has 0 aromatic carbocycles. The van der Waals surface area contributed by atoms with Gasteiger partial charge in [0.25, 0.3) is 0 Å². The van der Waals surface area contributed by atoms with Crippen LogP contribution in [0.4, 0.5) is 0 Å². The van der Waals surface area contributed by atoms with Crippen LogP contribution in [-0.2, 0) is 6.42 Å². The Morgan fingerprint density at radius 2 is 1.65 bits per heavy atom. The lowest BCUT2D eigenvalue weighted by Crippen LogP contribution is -2.05. The van der Waals surface area contributed by atoms with Gasteiger partial charge in [0.15, 0.2) is 0 Å². The molecule has 1 unspecified atom stereocenters. The molecule has 0 aliphatic carbocycles. The molecular formula is C18H32N2. The Hall–Kier alpha value is -0.920. The van der Waals surface area contributed by atoms with Crippen LogP contribution in [0.25, 0.3) is 0 Å². The summed E-state index contributed by atoms with van der Waals surface area (Å²) in [6.07, 6.45) is 15.0. The van der Waals surface area contributed by atoms with E-state index in [1.807, 2.05) is 6.20 Å². The Kier molecular flexibility index (Phi) is 9.27. The second kappa shape index (κ2) is 10.8. The monoisotopic (exact) mass is 276 g/mol. The fourth-order valence-electron chi connectivity index (χ4n) is 2.99. The first kappa shape index (κ1) is 17.1. The third-order valence-corrected chi connectivity index (χ3v) is 4.15. The zero-order chi connectivity index (χ0) is 14.6. The summed E-state index contributed by atoms with van der Waals surface area (Å²) in [6.45, 7) is 6.75. The van der Waals surface area contributed by atoms with Crippen LogP contribution in [0, 0.1) is 0 Å². The first-order valence-electron chi connectivity index (χ1n) is 8.63. The molecule has 0 aliphatic rings. The van der Waals surface area contributed by atoms with Crippen molar-refractivity contribution in [1.82, 2.24) is 10.2 Å². The van der Waals surface area contributed by atoms with E-state index in [2.05, 4.69) is 37.0 Å². The van der Waals surface area contributed by atoms with E-state index < -0.39 is 0 Å². The highest BCUT2D eigenvalue weighted by molar-refractivity contribution is 5.22. The van der Waals surface area contributed by atoms with Gasteiger partial charge in [-0.05, 0) is 36.8 Å². The van der Waals surface area contributed by atoms with E-state index in [4.69, 9.17) is 0 Å². The van der Waals surface area contributed by atoms with E-state index in [0.29, 0.717) is 5.92 Å². The number of hydrogen-bond acceptors (Lipinski definition) is 2. The maximum atomic E-state index is 4.32. The van der Waals surface area contributed by atoms with Crippen LogP contribution in [0.1, 0.15) is 95.7 Å². The molecule has 114 valence electrons. The van der Waals surface area contributed by atoms with Gasteiger partial charge in [-0.15, -0.1) is 0 Å². The van der Waals surface area contributed by atoms with Crippen LogP contribution in [0.3, 0.4) is 0 Å². The molecule has 1 rings (SSSR count). The van der Waals surface area contributed by atoms with Crippen molar-refractivity contribution in [3.05, 3.63) is 23.5 Å². The highest BCUT2D eigenvalue weighted by atomic mass is 15.1. The molecule has 1 atom stereocenters. The lowest BCUT2D eigenvalue weighted by atomic mass is 9.88. The molecule has 1 aromatic heterocycles. The largest absolute Gasteiger partial charge is 0.159 e. The smallest absolute Gasteiger partial charge is 0.0663 e. The first-order chi connectivity index (χ1) is 9.83. The third kappa shape index (κ3) is 6.02. The van der Waals surface area contributed by atoms with Gasteiger partial charge in [-0.2, -0.15) is 10.2 Å². The summed E-state index contributed by atoms with van der Waals surface area (Å²) in [5.41, 5.74) is 2.66. The lowest BCUT2D eigenvalue weighted by Gasteiger charge is -2.18. The highest BCUT2D eigenvalue weighted by Crippen LogP contribution is 2.29. The van der Waals surface area contributed by atoms with Crippen molar-refractivity contribution in [3.8, 4) is 0 Å². The summed E-state index contributed by atoms with van der Waals surface area (Å²) >= 11 is 0. The molecule has 0 amide bonds. The Morgan fingerprint density at radius 3 is 2.35 bits per heavy atom. The van der Waals surface area contributed by atoms with Crippen molar-refractivity contribution in [2.75, 3.05) is 0 Å². The average Bonchev–Trinajstić information content (AvgIpc) is 2.49. The van der Waals surface area contributed by atoms with Crippen LogP contribution < -0.4 is 0 Å². The molecule has 0 fully saturated rings. The number of hydrogen-bond donors (Lipinski definition) is 0. The van der Waals surface area contributed by atoms with Crippen LogP contribution >= 0.6 is 0 Å². The van der Waals surface area contributed by atoms with Gasteiger partial charge in [0.2, 0.25) is 0 Å². The molecule has 1 aromatic rings. The number of nitrogens with zero attached hydrogens (tertiary/aromatic N) is 2. The molecule has 2 heteroatoms. The van der Waals surface area contributed by atoms with E-state index in [9.17, 15) is 0 Å². The summed E-state index contributed by atoms with van der Waals surface area (Å²) in [6, 6.07) is 2.20. The molecule has 0 bridgehead atoms. The van der Waals surface area contributed by atoms with Gasteiger partial charge >= 0.3 is 0 Å². The zero-order valence-electron chi connectivity index (χ0n) is 13.7. The fourth-order valence-corrected chi connectivity index (χ4v) is 2.99. The minimum Gasteiger partial charge on any atom is -0.159 e. The van der Waals surface area contributed by atoms with Crippen LogP contribution in [-0.4, -0.2) is 10.2 Å². The number of unbranched alkanes of at least 4 members (excludes halogenated alkanes) is 5. The zero-order valence-corrected chi connectivity index (χ0v) is 13.7. The van der Waals surface area contributed by atoms with Gasteiger partial charge in [-0.3, -0.25) is 0 Å². The summed E-state index contributed by atoms with van der Waals surface area (Å²) < 4.78 is 0. The van der Waals surface area contributed by atoms with Crippen molar-refractivity contribution >= 4 is 0 Å². The molecule has 0 aliphatic heterocycles. The summed E-state index contributed by atoms with van der Waals surface area (Å²) in [4.78, 5) is 0. The van der Waals surface area contributed by atoms with Crippen molar-refractivity contribution in [2.24, 2.45) is 0 Å². The lowest BCUT2D eigenvalue weighted by molar-refractivity contribution is 0.507. The van der Waals surface area contributed by atoms with Crippen molar-refractivity contribution in [2.45, 2.75) is 90.9 Å². The van der Waals surface area contributed by atoms with Gasteiger partial charge < -0.3 is 0 Å². The van der Waals surface area contributed by atoms with Gasteiger partial charge in [-0.1, -0.05) is 65.7 Å². The minimum absolute atomic E-state index is 0.691. The van der Waals surface area contributed by atoms with Crippen LogP contribution in [0.2, 0.25) is 0 Å². The predicted octanol–water partition coefficient (Wildman–Crippen LogP) is 5.67. The average molecular weight is 276 g/mol. The fraction of sp³-hybridized carbons (Fsp3) is 0.778. The van der Waals surface area contributed by atoms with Crippen molar-refractivity contribution < 1.29 is 0 Å². The minimum atomic E-state index is 0.691. The maximum Gasteiger partial charge on any atom is 0.0663 e. The molecule has 20 heavy (non-hydrogen) atoms. The first-order valence-corrected chi connectivity index (χ1v) is 8.63. The number of aryl methyl sites for hydroxylation is 1. The van der Waals surface area contributed by atoms with E-state index >= 15 is 0 Å². The van der Waals surface area contributed by atoms with E-state index in [1.165, 1.54) is 69.0 Å². The Balaban J connectivity index is 2.47. The van der Waals surface area contributed by atoms with Gasteiger partial charge in [0.05, 0.1) is 5.69 Å². The second-order valence-corrected chi connectivity index (χ2v) is 5.83. The standard InChI is InChI=1S/C18H32N2/c1-4-7-8-9-10-11-13-16(12-5-2)17-14-15-19-20-18(17)6-3/h14-16H,4-13H2,1-3H3. The number of rotatable bonds is 11. The number of aromatic nitrogens is 2. The van der Waals surface area contributed by atoms with Gasteiger partial charge in [-0.25, -0.2) is 0 Å². The van der Waals surface area contributed by atoms with Gasteiger partial charge in [0, 0.05) is 6.20 Å². The van der Waals surface area contributed by atoms with E-state index in [-0.39, 0.29) is 0 Å². The molecule has 2 nitrogen and oxygen atoms in total. The maximum absolute atomic E-state index is 4.32. The quantitative estimate of drug-likeness (QED) is 0.486.